The van der Waals surface area contributed by atoms with Crippen molar-refractivity contribution in [2.75, 3.05) is 23.3 Å². The second-order valence-corrected chi connectivity index (χ2v) is 3.84. The topological polar surface area (TPSA) is 61.8 Å². The lowest BCUT2D eigenvalue weighted by atomic mass is 10.2. The Kier molecular flexibility index (Phi) is 4.14. The molecule has 0 aliphatic heterocycles. The van der Waals surface area contributed by atoms with Gasteiger partial charge in [-0.3, -0.25) is 0 Å². The van der Waals surface area contributed by atoms with Gasteiger partial charge in [0.2, 0.25) is 0 Å². The molecule has 0 saturated carbocycles. The van der Waals surface area contributed by atoms with Crippen molar-refractivity contribution in [2.24, 2.45) is 0 Å². The first-order valence-corrected chi connectivity index (χ1v) is 5.33. The van der Waals surface area contributed by atoms with Gasteiger partial charge < -0.3 is 11.1 Å². The highest BCUT2D eigenvalue weighted by atomic mass is 32.2. The smallest absolute Gasteiger partial charge is 0.133 e. The number of nitriles is 1. The van der Waals surface area contributed by atoms with E-state index in [4.69, 9.17) is 11.0 Å². The Morgan fingerprint density at radius 1 is 1.57 bits per heavy atom. The van der Waals surface area contributed by atoms with Crippen molar-refractivity contribution in [1.82, 2.24) is 0 Å². The van der Waals surface area contributed by atoms with Gasteiger partial charge in [-0.1, -0.05) is 6.07 Å². The predicted octanol–water partition coefficient (Wildman–Crippen LogP) is 2.20. The summed E-state index contributed by atoms with van der Waals surface area (Å²) in [6.07, 6.45) is 0. The number of benzene rings is 1. The minimum absolute atomic E-state index is 0.755. The maximum atomic E-state index is 8.31. The summed E-state index contributed by atoms with van der Waals surface area (Å²) in [4.78, 5) is 0. The van der Waals surface area contributed by atoms with E-state index in [0.717, 1.165) is 29.2 Å². The van der Waals surface area contributed by atoms with Crippen LogP contribution in [0.5, 0.6) is 0 Å². The fourth-order valence-electron chi connectivity index (χ4n) is 1.13. The van der Waals surface area contributed by atoms with Crippen LogP contribution in [0.3, 0.4) is 0 Å². The first kappa shape index (κ1) is 10.7. The Labute approximate surface area is 88.3 Å². The van der Waals surface area contributed by atoms with Gasteiger partial charge >= 0.3 is 0 Å². The van der Waals surface area contributed by atoms with E-state index in [1.165, 1.54) is 11.8 Å². The van der Waals surface area contributed by atoms with Crippen molar-refractivity contribution in [3.8, 4) is 5.40 Å². The van der Waals surface area contributed by atoms with Gasteiger partial charge in [0.1, 0.15) is 5.40 Å². The minimum Gasteiger partial charge on any atom is -0.397 e. The van der Waals surface area contributed by atoms with Gasteiger partial charge in [0.25, 0.3) is 0 Å². The number of nitrogens with zero attached hydrogens (tertiary/aromatic N) is 1. The molecule has 0 saturated heterocycles. The Hall–Kier alpha value is -1.34. The van der Waals surface area contributed by atoms with Gasteiger partial charge in [0.15, 0.2) is 0 Å². The maximum Gasteiger partial charge on any atom is 0.133 e. The molecular weight excluding hydrogens is 194 g/mol. The van der Waals surface area contributed by atoms with E-state index in [-0.39, 0.29) is 0 Å². The molecule has 0 fully saturated rings. The lowest BCUT2D eigenvalue weighted by Gasteiger charge is -2.08. The van der Waals surface area contributed by atoms with Crippen molar-refractivity contribution in [3.63, 3.8) is 0 Å². The molecule has 1 aromatic rings. The zero-order chi connectivity index (χ0) is 10.4. The van der Waals surface area contributed by atoms with Gasteiger partial charge in [-0.25, -0.2) is 0 Å². The quantitative estimate of drug-likeness (QED) is 0.451. The summed E-state index contributed by atoms with van der Waals surface area (Å²) in [5.41, 5.74) is 8.65. The summed E-state index contributed by atoms with van der Waals surface area (Å²) < 4.78 is 0. The van der Waals surface area contributed by atoms with Gasteiger partial charge in [0, 0.05) is 12.3 Å². The Morgan fingerprint density at radius 2 is 2.36 bits per heavy atom. The van der Waals surface area contributed by atoms with Gasteiger partial charge in [0.05, 0.1) is 11.4 Å². The van der Waals surface area contributed by atoms with Crippen LogP contribution in [-0.2, 0) is 0 Å². The first-order chi connectivity index (χ1) is 6.74. The highest BCUT2D eigenvalue weighted by Crippen LogP contribution is 2.19. The van der Waals surface area contributed by atoms with E-state index in [1.807, 2.05) is 30.5 Å². The molecule has 3 nitrogen and oxygen atoms in total. The van der Waals surface area contributed by atoms with Crippen LogP contribution in [-0.4, -0.2) is 12.3 Å². The fraction of sp³-hybridized carbons (Fsp3) is 0.300. The van der Waals surface area contributed by atoms with Crippen LogP contribution >= 0.6 is 11.8 Å². The number of thioether (sulfide) groups is 1. The van der Waals surface area contributed by atoms with E-state index in [1.54, 1.807) is 0 Å². The number of nitrogens with two attached hydrogens (primary N) is 1. The monoisotopic (exact) mass is 207 g/mol. The molecule has 0 atom stereocenters. The van der Waals surface area contributed by atoms with Crippen molar-refractivity contribution in [2.45, 2.75) is 6.92 Å². The van der Waals surface area contributed by atoms with Crippen LogP contribution in [0.1, 0.15) is 5.56 Å². The van der Waals surface area contributed by atoms with Crippen LogP contribution < -0.4 is 11.1 Å². The normalized spacial score (nSPS) is 9.43. The zero-order valence-corrected chi connectivity index (χ0v) is 8.90. The molecular formula is C10H13N3S. The van der Waals surface area contributed by atoms with Crippen LogP contribution in [0.15, 0.2) is 18.2 Å². The number of nitrogen functional groups attached to an aromatic ring is 1. The lowest BCUT2D eigenvalue weighted by Crippen LogP contribution is -2.05. The largest absolute Gasteiger partial charge is 0.397 e. The zero-order valence-electron chi connectivity index (χ0n) is 8.08. The highest BCUT2D eigenvalue weighted by Gasteiger charge is 1.97. The van der Waals surface area contributed by atoms with Gasteiger partial charge in [-0.05, 0) is 36.4 Å². The number of aryl methyl sites for hydroxylation is 1. The van der Waals surface area contributed by atoms with Crippen molar-refractivity contribution in [3.05, 3.63) is 23.8 Å². The lowest BCUT2D eigenvalue weighted by molar-refractivity contribution is 1.23. The molecule has 1 rings (SSSR count). The van der Waals surface area contributed by atoms with Crippen molar-refractivity contribution < 1.29 is 0 Å². The van der Waals surface area contributed by atoms with Crippen LogP contribution in [0.4, 0.5) is 11.4 Å². The number of nitrogens with one attached hydrogen (secondary N) is 1. The molecule has 74 valence electrons. The molecule has 0 aliphatic rings. The van der Waals surface area contributed by atoms with Crippen LogP contribution in [0.25, 0.3) is 0 Å². The number of hydrogen-bond acceptors (Lipinski definition) is 4. The van der Waals surface area contributed by atoms with Crippen LogP contribution in [0, 0.1) is 17.6 Å². The highest BCUT2D eigenvalue weighted by molar-refractivity contribution is 8.03. The molecule has 0 aromatic heterocycles. The molecule has 0 heterocycles. The summed E-state index contributed by atoms with van der Waals surface area (Å²) in [7, 11) is 0. The third kappa shape index (κ3) is 3.19. The average Bonchev–Trinajstić information content (AvgIpc) is 2.15. The van der Waals surface area contributed by atoms with Gasteiger partial charge in [-0.2, -0.15) is 5.26 Å². The molecule has 0 bridgehead atoms. The van der Waals surface area contributed by atoms with Crippen molar-refractivity contribution >= 4 is 23.1 Å². The van der Waals surface area contributed by atoms with Crippen molar-refractivity contribution in [1.29, 1.82) is 5.26 Å². The average molecular weight is 207 g/mol. The van der Waals surface area contributed by atoms with E-state index >= 15 is 0 Å². The van der Waals surface area contributed by atoms with E-state index < -0.39 is 0 Å². The van der Waals surface area contributed by atoms with E-state index in [9.17, 15) is 0 Å². The second-order valence-electron chi connectivity index (χ2n) is 2.96. The predicted molar refractivity (Wildman–Crippen MR) is 62.2 cm³/mol. The van der Waals surface area contributed by atoms with Gasteiger partial charge in [-0.15, -0.1) is 0 Å². The van der Waals surface area contributed by atoms with Crippen LogP contribution in [0.2, 0.25) is 0 Å². The molecule has 14 heavy (non-hydrogen) atoms. The molecule has 0 amide bonds. The standard InChI is InChI=1S/C10H13N3S/c1-8-2-3-10(9(12)6-8)13-4-5-14-7-11/h2-3,6,13H,4-5,12H2,1H3. The molecule has 0 spiro atoms. The maximum absolute atomic E-state index is 8.31. The Bertz CT molecular complexity index is 344. The summed E-state index contributed by atoms with van der Waals surface area (Å²) in [5.74, 6) is 0.768. The first-order valence-electron chi connectivity index (χ1n) is 4.35. The number of rotatable bonds is 4. The SMILES string of the molecule is Cc1ccc(NCCSC#N)c(N)c1. The summed E-state index contributed by atoms with van der Waals surface area (Å²) in [6, 6.07) is 5.90. The number of thiocyanates is 1. The molecule has 0 radical (unpaired) electrons. The third-order valence-corrected chi connectivity index (χ3v) is 2.33. The number of hydrogen-bond donors (Lipinski definition) is 2. The van der Waals surface area contributed by atoms with E-state index in [0.29, 0.717) is 0 Å². The molecule has 0 unspecified atom stereocenters. The Balaban J connectivity index is 2.47. The van der Waals surface area contributed by atoms with E-state index in [2.05, 4.69) is 5.32 Å². The number of anilines is 2. The molecule has 0 aliphatic carbocycles. The molecule has 3 N–H and O–H groups in total. The second kappa shape index (κ2) is 5.40. The third-order valence-electron chi connectivity index (χ3n) is 1.79. The molecule has 1 aromatic carbocycles. The summed E-state index contributed by atoms with van der Waals surface area (Å²) in [5, 5.41) is 13.5. The molecule has 4 heteroatoms. The Morgan fingerprint density at radius 3 is 3.00 bits per heavy atom. The summed E-state index contributed by atoms with van der Waals surface area (Å²) in [6.45, 7) is 2.76. The minimum atomic E-state index is 0.755. The summed E-state index contributed by atoms with van der Waals surface area (Å²) >= 11 is 1.24. The fourth-order valence-corrected chi connectivity index (χ4v) is 1.42.